The Labute approximate surface area is 120 Å². The van der Waals surface area contributed by atoms with E-state index in [0.29, 0.717) is 5.56 Å². The van der Waals surface area contributed by atoms with Gasteiger partial charge >= 0.3 is 0 Å². The van der Waals surface area contributed by atoms with E-state index >= 15 is 0 Å². The van der Waals surface area contributed by atoms with Gasteiger partial charge in [0.25, 0.3) is 0 Å². The van der Waals surface area contributed by atoms with Gasteiger partial charge in [-0.15, -0.1) is 0 Å². The molecule has 0 amide bonds. The Morgan fingerprint density at radius 2 is 1.30 bits per heavy atom. The van der Waals surface area contributed by atoms with Crippen molar-refractivity contribution < 1.29 is 10.2 Å². The summed E-state index contributed by atoms with van der Waals surface area (Å²) in [5.74, 6) is 0.390. The first-order chi connectivity index (χ1) is 9.60. The van der Waals surface area contributed by atoms with Crippen molar-refractivity contribution in [1.29, 1.82) is 0 Å². The van der Waals surface area contributed by atoms with Crippen molar-refractivity contribution >= 4 is 0 Å². The summed E-state index contributed by atoms with van der Waals surface area (Å²) in [6.07, 6.45) is 2.89. The fourth-order valence-electron chi connectivity index (χ4n) is 2.68. The van der Waals surface area contributed by atoms with E-state index in [2.05, 4.69) is 32.9 Å². The minimum atomic E-state index is 0.178. The third kappa shape index (κ3) is 2.64. The molecule has 2 rings (SSSR count). The van der Waals surface area contributed by atoms with E-state index in [1.165, 1.54) is 22.8 Å². The van der Waals surface area contributed by atoms with Gasteiger partial charge in [0.05, 0.1) is 0 Å². The summed E-state index contributed by atoms with van der Waals surface area (Å²) < 4.78 is 0. The number of aromatic hydroxyl groups is 2. The van der Waals surface area contributed by atoms with Crippen molar-refractivity contribution in [2.75, 3.05) is 0 Å². The summed E-state index contributed by atoms with van der Waals surface area (Å²) >= 11 is 0. The molecule has 0 aromatic heterocycles. The first-order valence-corrected chi connectivity index (χ1v) is 7.27. The molecule has 0 radical (unpaired) electrons. The van der Waals surface area contributed by atoms with Gasteiger partial charge < -0.3 is 10.2 Å². The number of hydrogen-bond acceptors (Lipinski definition) is 2. The van der Waals surface area contributed by atoms with Crippen LogP contribution in [0.25, 0.3) is 11.1 Å². The second-order valence-corrected chi connectivity index (χ2v) is 5.04. The molecular weight excluding hydrogens is 248 g/mol. The van der Waals surface area contributed by atoms with Crippen molar-refractivity contribution in [3.8, 4) is 22.6 Å². The topological polar surface area (TPSA) is 40.5 Å². The quantitative estimate of drug-likeness (QED) is 0.806. The zero-order chi connectivity index (χ0) is 14.7. The van der Waals surface area contributed by atoms with E-state index < -0.39 is 0 Å². The Hall–Kier alpha value is -1.96. The molecule has 0 aliphatic heterocycles. The molecule has 2 N–H and O–H groups in total. The van der Waals surface area contributed by atoms with Crippen LogP contribution in [0.1, 0.15) is 37.5 Å². The summed E-state index contributed by atoms with van der Waals surface area (Å²) in [4.78, 5) is 0. The van der Waals surface area contributed by atoms with Gasteiger partial charge in [-0.2, -0.15) is 0 Å². The van der Waals surface area contributed by atoms with Crippen LogP contribution in [0.3, 0.4) is 0 Å². The number of hydrogen-bond donors (Lipinski definition) is 2. The lowest BCUT2D eigenvalue weighted by molar-refractivity contribution is 0.462. The number of phenolic OH excluding ortho intramolecular Hbond substituents is 2. The molecular formula is C18H22O2. The van der Waals surface area contributed by atoms with Crippen LogP contribution in [0.4, 0.5) is 0 Å². The number of aryl methyl sites for hydroxylation is 3. The third-order valence-electron chi connectivity index (χ3n) is 3.84. The van der Waals surface area contributed by atoms with Gasteiger partial charge in [0, 0.05) is 5.56 Å². The van der Waals surface area contributed by atoms with E-state index in [1.807, 2.05) is 0 Å². The Morgan fingerprint density at radius 3 is 1.90 bits per heavy atom. The van der Waals surface area contributed by atoms with Crippen molar-refractivity contribution in [2.24, 2.45) is 0 Å². The molecule has 0 unspecified atom stereocenters. The van der Waals surface area contributed by atoms with E-state index in [9.17, 15) is 10.2 Å². The second-order valence-electron chi connectivity index (χ2n) is 5.04. The minimum Gasteiger partial charge on any atom is -0.508 e. The van der Waals surface area contributed by atoms with Crippen molar-refractivity contribution in [3.05, 3.63) is 47.0 Å². The molecule has 2 aromatic carbocycles. The van der Waals surface area contributed by atoms with Crippen LogP contribution in [0.2, 0.25) is 0 Å². The maximum atomic E-state index is 10.1. The number of rotatable bonds is 4. The highest BCUT2D eigenvalue weighted by atomic mass is 16.3. The SMILES string of the molecule is CCc1cc(CC)c(-c2cc(O)ccc2O)cc1CC. The minimum absolute atomic E-state index is 0.178. The fourth-order valence-corrected chi connectivity index (χ4v) is 2.68. The molecule has 2 aromatic rings. The maximum Gasteiger partial charge on any atom is 0.123 e. The van der Waals surface area contributed by atoms with Crippen molar-refractivity contribution in [3.63, 3.8) is 0 Å². The zero-order valence-electron chi connectivity index (χ0n) is 12.4. The Morgan fingerprint density at radius 1 is 0.700 bits per heavy atom. The smallest absolute Gasteiger partial charge is 0.123 e. The van der Waals surface area contributed by atoms with Crippen LogP contribution >= 0.6 is 0 Å². The molecule has 0 heterocycles. The summed E-state index contributed by atoms with van der Waals surface area (Å²) in [7, 11) is 0. The summed E-state index contributed by atoms with van der Waals surface area (Å²) in [5.41, 5.74) is 5.62. The van der Waals surface area contributed by atoms with Gasteiger partial charge in [-0.3, -0.25) is 0 Å². The summed E-state index contributed by atoms with van der Waals surface area (Å²) in [5, 5.41) is 19.8. The lowest BCUT2D eigenvalue weighted by Gasteiger charge is -2.15. The van der Waals surface area contributed by atoms with Crippen LogP contribution in [-0.4, -0.2) is 10.2 Å². The molecule has 0 atom stereocenters. The van der Waals surface area contributed by atoms with E-state index in [4.69, 9.17) is 0 Å². The first-order valence-electron chi connectivity index (χ1n) is 7.27. The highest BCUT2D eigenvalue weighted by Gasteiger charge is 2.12. The normalized spacial score (nSPS) is 10.8. The third-order valence-corrected chi connectivity index (χ3v) is 3.84. The highest BCUT2D eigenvalue weighted by Crippen LogP contribution is 2.36. The Bertz CT molecular complexity index is 615. The predicted octanol–water partition coefficient (Wildman–Crippen LogP) is 4.45. The van der Waals surface area contributed by atoms with Crippen LogP contribution in [0, 0.1) is 0 Å². The van der Waals surface area contributed by atoms with Crippen molar-refractivity contribution in [1.82, 2.24) is 0 Å². The second kappa shape index (κ2) is 6.00. The largest absolute Gasteiger partial charge is 0.508 e. The van der Waals surface area contributed by atoms with Crippen LogP contribution in [0.15, 0.2) is 30.3 Å². The molecule has 0 fully saturated rings. The van der Waals surface area contributed by atoms with Gasteiger partial charge in [-0.25, -0.2) is 0 Å². The van der Waals surface area contributed by atoms with E-state index in [-0.39, 0.29) is 11.5 Å². The molecule has 0 aliphatic carbocycles. The molecule has 20 heavy (non-hydrogen) atoms. The Balaban J connectivity index is 2.69. The monoisotopic (exact) mass is 270 g/mol. The molecule has 0 spiro atoms. The molecule has 2 heteroatoms. The van der Waals surface area contributed by atoms with Gasteiger partial charge in [-0.1, -0.05) is 32.9 Å². The first kappa shape index (κ1) is 14.4. The standard InChI is InChI=1S/C18H22O2/c1-4-12-9-14(6-3)16(10-13(12)5-2)17-11-15(19)7-8-18(17)20/h7-11,19-20H,4-6H2,1-3H3. The van der Waals surface area contributed by atoms with Gasteiger partial charge in [0.2, 0.25) is 0 Å². The molecule has 106 valence electrons. The highest BCUT2D eigenvalue weighted by molar-refractivity contribution is 5.75. The van der Waals surface area contributed by atoms with Crippen LogP contribution < -0.4 is 0 Å². The maximum absolute atomic E-state index is 10.1. The molecule has 2 nitrogen and oxygen atoms in total. The molecule has 0 bridgehead atoms. The lowest BCUT2D eigenvalue weighted by Crippen LogP contribution is -1.97. The molecule has 0 saturated carbocycles. The average Bonchev–Trinajstić information content (AvgIpc) is 2.48. The Kier molecular flexibility index (Phi) is 4.33. The fraction of sp³-hybridized carbons (Fsp3) is 0.333. The van der Waals surface area contributed by atoms with Crippen LogP contribution in [-0.2, 0) is 19.3 Å². The zero-order valence-corrected chi connectivity index (χ0v) is 12.4. The van der Waals surface area contributed by atoms with Gasteiger partial charge in [0.15, 0.2) is 0 Å². The van der Waals surface area contributed by atoms with E-state index in [0.717, 1.165) is 24.8 Å². The average molecular weight is 270 g/mol. The van der Waals surface area contributed by atoms with Gasteiger partial charge in [0.1, 0.15) is 11.5 Å². The molecule has 0 aliphatic rings. The lowest BCUT2D eigenvalue weighted by atomic mass is 9.90. The predicted molar refractivity (Wildman–Crippen MR) is 83.3 cm³/mol. The van der Waals surface area contributed by atoms with Gasteiger partial charge in [-0.05, 0) is 59.7 Å². The number of phenols is 2. The van der Waals surface area contributed by atoms with Crippen LogP contribution in [0.5, 0.6) is 11.5 Å². The van der Waals surface area contributed by atoms with E-state index in [1.54, 1.807) is 12.1 Å². The number of benzene rings is 2. The molecule has 0 saturated heterocycles. The van der Waals surface area contributed by atoms with Crippen molar-refractivity contribution in [2.45, 2.75) is 40.0 Å². The summed E-state index contributed by atoms with van der Waals surface area (Å²) in [6.45, 7) is 6.43. The summed E-state index contributed by atoms with van der Waals surface area (Å²) in [6, 6.07) is 9.08.